The van der Waals surface area contributed by atoms with Crippen LogP contribution in [0.3, 0.4) is 0 Å². The number of hydrogen-bond acceptors (Lipinski definition) is 4. The van der Waals surface area contributed by atoms with E-state index >= 15 is 4.39 Å². The quantitative estimate of drug-likeness (QED) is 0.361. The fourth-order valence-electron chi connectivity index (χ4n) is 3.63. The molecule has 0 heterocycles. The molecule has 0 fully saturated rings. The molecule has 0 spiro atoms. The number of nitrogens with two attached hydrogens (primary N) is 1. The summed E-state index contributed by atoms with van der Waals surface area (Å²) < 4.78 is 26.0. The summed E-state index contributed by atoms with van der Waals surface area (Å²) in [5.74, 6) is -2.09. The summed E-state index contributed by atoms with van der Waals surface area (Å²) in [6.45, 7) is 0.428. The molecule has 0 saturated carbocycles. The van der Waals surface area contributed by atoms with Crippen molar-refractivity contribution in [2.24, 2.45) is 5.73 Å². The van der Waals surface area contributed by atoms with Crippen LogP contribution in [0.25, 0.3) is 11.1 Å². The maximum absolute atomic E-state index is 15.6. The Morgan fingerprint density at radius 3 is 2.47 bits per heavy atom. The number of rotatable bonds is 10. The molecule has 4 N–H and O–H groups in total. The van der Waals surface area contributed by atoms with Gasteiger partial charge in [-0.15, -0.1) is 0 Å². The van der Waals surface area contributed by atoms with E-state index in [1.165, 1.54) is 19.2 Å². The van der Waals surface area contributed by atoms with Gasteiger partial charge in [-0.2, -0.15) is 0 Å². The van der Waals surface area contributed by atoms with Crippen LogP contribution in [0.1, 0.15) is 27.4 Å². The number of amides is 2. The molecule has 0 radical (unpaired) electrons. The maximum Gasteiger partial charge on any atom is 0.404 e. The predicted octanol–water partition coefficient (Wildman–Crippen LogP) is 4.67. The van der Waals surface area contributed by atoms with Gasteiger partial charge in [-0.25, -0.2) is 9.18 Å². The smallest absolute Gasteiger partial charge is 0.404 e. The van der Waals surface area contributed by atoms with Gasteiger partial charge in [-0.05, 0) is 35.4 Å². The fraction of sp³-hybridized carbons (Fsp3) is 0.200. The largest absolute Gasteiger partial charge is 0.488 e. The number of methoxy groups -OCH3 is 1. The summed E-state index contributed by atoms with van der Waals surface area (Å²) in [6, 6.07) is 16.9. The summed E-state index contributed by atoms with van der Waals surface area (Å²) in [6.07, 6.45) is -1.17. The first-order chi connectivity index (χ1) is 16.3. The Morgan fingerprint density at radius 2 is 1.82 bits per heavy atom. The van der Waals surface area contributed by atoms with Crippen LogP contribution in [0, 0.1) is 5.82 Å². The monoisotopic (exact) mass is 486 g/mol. The van der Waals surface area contributed by atoms with Crippen LogP contribution in [-0.4, -0.2) is 44.0 Å². The van der Waals surface area contributed by atoms with Gasteiger partial charge >= 0.3 is 6.09 Å². The number of benzene rings is 3. The van der Waals surface area contributed by atoms with E-state index in [9.17, 15) is 9.59 Å². The van der Waals surface area contributed by atoms with Crippen molar-refractivity contribution in [2.45, 2.75) is 5.92 Å². The molecule has 3 aromatic rings. The molecule has 3 rings (SSSR count). The van der Waals surface area contributed by atoms with Crippen LogP contribution < -0.4 is 15.8 Å². The summed E-state index contributed by atoms with van der Waals surface area (Å²) in [5.41, 5.74) is 7.12. The highest BCUT2D eigenvalue weighted by Gasteiger charge is 2.23. The molecule has 0 aliphatic rings. The van der Waals surface area contributed by atoms with E-state index < -0.39 is 23.7 Å². The molecule has 2 amide bonds. The van der Waals surface area contributed by atoms with E-state index in [1.807, 2.05) is 30.3 Å². The summed E-state index contributed by atoms with van der Waals surface area (Å²) in [5, 5.41) is 11.7. The van der Waals surface area contributed by atoms with Gasteiger partial charge in [0.1, 0.15) is 6.61 Å². The average Bonchev–Trinajstić information content (AvgIpc) is 2.81. The lowest BCUT2D eigenvalue weighted by atomic mass is 9.88. The Hall–Kier alpha value is -3.62. The molecule has 178 valence electrons. The van der Waals surface area contributed by atoms with Crippen molar-refractivity contribution in [3.05, 3.63) is 88.2 Å². The highest BCUT2D eigenvalue weighted by atomic mass is 35.5. The van der Waals surface area contributed by atoms with Gasteiger partial charge in [0.25, 0.3) is 0 Å². The van der Waals surface area contributed by atoms with Gasteiger partial charge in [0, 0.05) is 35.7 Å². The zero-order valence-corrected chi connectivity index (χ0v) is 19.1. The van der Waals surface area contributed by atoms with Gasteiger partial charge in [-0.3, -0.25) is 4.79 Å². The number of nitrogens with one attached hydrogen (secondary N) is 1. The van der Waals surface area contributed by atoms with E-state index in [1.54, 1.807) is 18.2 Å². The third-order valence-electron chi connectivity index (χ3n) is 5.24. The van der Waals surface area contributed by atoms with Crippen molar-refractivity contribution < 1.29 is 28.6 Å². The van der Waals surface area contributed by atoms with E-state index in [0.717, 1.165) is 5.56 Å². The minimum atomic E-state index is -1.17. The number of carboxylic acid groups (broad SMARTS) is 1. The third kappa shape index (κ3) is 5.84. The van der Waals surface area contributed by atoms with Crippen molar-refractivity contribution in [1.29, 1.82) is 0 Å². The molecule has 0 saturated heterocycles. The topological polar surface area (TPSA) is 111 Å². The van der Waals surface area contributed by atoms with E-state index in [-0.39, 0.29) is 47.2 Å². The van der Waals surface area contributed by atoms with Gasteiger partial charge in [0.05, 0.1) is 12.2 Å². The van der Waals surface area contributed by atoms with Crippen LogP contribution >= 0.6 is 11.6 Å². The zero-order chi connectivity index (χ0) is 24.7. The van der Waals surface area contributed by atoms with Gasteiger partial charge < -0.3 is 25.6 Å². The first kappa shape index (κ1) is 25.0. The average molecular weight is 487 g/mol. The molecule has 34 heavy (non-hydrogen) atoms. The molecule has 0 aliphatic carbocycles. The molecule has 0 aromatic heterocycles. The Kier molecular flexibility index (Phi) is 8.45. The summed E-state index contributed by atoms with van der Waals surface area (Å²) in [7, 11) is 1.50. The van der Waals surface area contributed by atoms with Crippen molar-refractivity contribution in [3.8, 4) is 16.9 Å². The summed E-state index contributed by atoms with van der Waals surface area (Å²) in [4.78, 5) is 23.3. The van der Waals surface area contributed by atoms with Crippen LogP contribution in [0.4, 0.5) is 9.18 Å². The van der Waals surface area contributed by atoms with E-state index in [4.69, 9.17) is 31.9 Å². The number of halogens is 2. The molecule has 3 aromatic carbocycles. The standard InChI is InChI=1S/C25H24ClFN2O5/c1-33-11-12-34-21-10-8-17(24(28)30)22(23(21)27)18-13-16(7-9-20(18)26)19(14-29-25(31)32)15-5-3-2-4-6-15/h2-10,13,19,29H,11-12,14H2,1H3,(H2,28,30)(H,31,32). The number of primary amides is 1. The second kappa shape index (κ2) is 11.5. The first-order valence-electron chi connectivity index (χ1n) is 10.4. The van der Waals surface area contributed by atoms with Gasteiger partial charge in [0.15, 0.2) is 11.6 Å². The maximum atomic E-state index is 15.6. The molecule has 1 unspecified atom stereocenters. The molecule has 7 nitrogen and oxygen atoms in total. The molecular formula is C25H24ClFN2O5. The van der Waals surface area contributed by atoms with Crippen molar-refractivity contribution in [3.63, 3.8) is 0 Å². The van der Waals surface area contributed by atoms with Crippen molar-refractivity contribution >= 4 is 23.6 Å². The van der Waals surface area contributed by atoms with Crippen LogP contribution in [-0.2, 0) is 4.74 Å². The molecule has 9 heteroatoms. The van der Waals surface area contributed by atoms with Crippen molar-refractivity contribution in [1.82, 2.24) is 5.32 Å². The molecule has 0 aliphatic heterocycles. The number of hydrogen-bond donors (Lipinski definition) is 3. The lowest BCUT2D eigenvalue weighted by Crippen LogP contribution is -2.27. The Labute approximate surface area is 201 Å². The first-order valence-corrected chi connectivity index (χ1v) is 10.8. The Bertz CT molecular complexity index is 1170. The predicted molar refractivity (Wildman–Crippen MR) is 127 cm³/mol. The normalized spacial score (nSPS) is 11.6. The Balaban J connectivity index is 2.14. The van der Waals surface area contributed by atoms with Gasteiger partial charge in [0.2, 0.25) is 5.91 Å². The second-order valence-electron chi connectivity index (χ2n) is 7.39. The number of carbonyl (C=O) groups excluding carboxylic acids is 1. The third-order valence-corrected chi connectivity index (χ3v) is 5.57. The van der Waals surface area contributed by atoms with E-state index in [2.05, 4.69) is 5.32 Å². The Morgan fingerprint density at radius 1 is 1.09 bits per heavy atom. The van der Waals surface area contributed by atoms with Crippen LogP contribution in [0.15, 0.2) is 60.7 Å². The molecule has 1 atom stereocenters. The highest BCUT2D eigenvalue weighted by Crippen LogP contribution is 2.39. The highest BCUT2D eigenvalue weighted by molar-refractivity contribution is 6.33. The second-order valence-corrected chi connectivity index (χ2v) is 7.80. The van der Waals surface area contributed by atoms with Crippen LogP contribution in [0.2, 0.25) is 5.02 Å². The number of carbonyl (C=O) groups is 2. The lowest BCUT2D eigenvalue weighted by Gasteiger charge is -2.20. The number of ether oxygens (including phenoxy) is 2. The SMILES string of the molecule is COCCOc1ccc(C(N)=O)c(-c2cc(C(CNC(=O)O)c3ccccc3)ccc2Cl)c1F. The zero-order valence-electron chi connectivity index (χ0n) is 18.4. The molecule has 0 bridgehead atoms. The van der Waals surface area contributed by atoms with E-state index in [0.29, 0.717) is 5.56 Å². The van der Waals surface area contributed by atoms with Crippen molar-refractivity contribution in [2.75, 3.05) is 26.9 Å². The summed E-state index contributed by atoms with van der Waals surface area (Å²) >= 11 is 6.45. The molecular weight excluding hydrogens is 463 g/mol. The fourth-order valence-corrected chi connectivity index (χ4v) is 3.84. The lowest BCUT2D eigenvalue weighted by molar-refractivity contribution is 0.1000. The minimum Gasteiger partial charge on any atom is -0.488 e. The minimum absolute atomic E-state index is 0.0597. The van der Waals surface area contributed by atoms with Crippen LogP contribution in [0.5, 0.6) is 5.75 Å². The van der Waals surface area contributed by atoms with Gasteiger partial charge in [-0.1, -0.05) is 48.0 Å².